The first-order valence-corrected chi connectivity index (χ1v) is 15.6. The molecule has 5 aliphatic rings. The molecule has 194 valence electrons. The molecule has 5 heteroatoms. The Morgan fingerprint density at radius 1 is 1.11 bits per heavy atom. The van der Waals surface area contributed by atoms with Gasteiger partial charge in [-0.3, -0.25) is 4.79 Å². The van der Waals surface area contributed by atoms with Gasteiger partial charge in [0.1, 0.15) is 5.01 Å². The Hall–Kier alpha value is -0.940. The van der Waals surface area contributed by atoms with Crippen LogP contribution in [-0.4, -0.2) is 35.5 Å². The van der Waals surface area contributed by atoms with Crippen LogP contribution in [0.15, 0.2) is 6.20 Å². The van der Waals surface area contributed by atoms with Crippen molar-refractivity contribution in [2.24, 2.45) is 46.8 Å². The lowest BCUT2D eigenvalue weighted by Crippen LogP contribution is -2.51. The molecule has 0 spiro atoms. The number of fused-ring (bicyclic) bond motifs is 5. The van der Waals surface area contributed by atoms with Gasteiger partial charge in [0.05, 0.1) is 6.04 Å². The molecule has 6 rings (SSSR count). The van der Waals surface area contributed by atoms with Gasteiger partial charge in [-0.1, -0.05) is 6.92 Å². The fraction of sp³-hybridized carbons (Fsp3) is 0.867. The highest BCUT2D eigenvalue weighted by molar-refractivity contribution is 7.11. The molecule has 5 fully saturated rings. The van der Waals surface area contributed by atoms with E-state index in [4.69, 9.17) is 4.74 Å². The minimum atomic E-state index is 0.211. The maximum absolute atomic E-state index is 14.1. The van der Waals surface area contributed by atoms with Crippen LogP contribution in [0.2, 0.25) is 0 Å². The lowest BCUT2D eigenvalue weighted by Gasteiger charge is -2.56. The van der Waals surface area contributed by atoms with Crippen molar-refractivity contribution in [1.29, 1.82) is 0 Å². The summed E-state index contributed by atoms with van der Waals surface area (Å²) in [7, 11) is 0. The second-order valence-electron chi connectivity index (χ2n) is 12.9. The van der Waals surface area contributed by atoms with Crippen molar-refractivity contribution in [2.45, 2.75) is 97.4 Å². The molecule has 1 aromatic rings. The van der Waals surface area contributed by atoms with Crippen LogP contribution < -0.4 is 0 Å². The van der Waals surface area contributed by atoms with E-state index in [1.807, 2.05) is 6.20 Å². The molecule has 4 nitrogen and oxygen atoms in total. The van der Waals surface area contributed by atoms with Crippen molar-refractivity contribution in [1.82, 2.24) is 9.88 Å². The Bertz CT molecular complexity index is 916. The van der Waals surface area contributed by atoms with Crippen LogP contribution in [0.4, 0.5) is 0 Å². The van der Waals surface area contributed by atoms with E-state index in [-0.39, 0.29) is 17.4 Å². The zero-order valence-corrected chi connectivity index (χ0v) is 23.0. The monoisotopic (exact) mass is 498 g/mol. The fourth-order valence-electron chi connectivity index (χ4n) is 9.81. The summed E-state index contributed by atoms with van der Waals surface area (Å²) in [6.45, 7) is 9.54. The van der Waals surface area contributed by atoms with Crippen molar-refractivity contribution in [3.8, 4) is 0 Å². The van der Waals surface area contributed by atoms with Crippen LogP contribution in [-0.2, 0) is 9.53 Å². The minimum absolute atomic E-state index is 0.211. The molecule has 9 atom stereocenters. The van der Waals surface area contributed by atoms with Gasteiger partial charge in [-0.05, 0) is 125 Å². The number of aromatic nitrogens is 1. The van der Waals surface area contributed by atoms with Crippen LogP contribution in [0, 0.1) is 53.8 Å². The number of carbonyl (C=O) groups excluding carboxylic acids is 1. The van der Waals surface area contributed by atoms with Crippen LogP contribution in [0.1, 0.15) is 100 Å². The van der Waals surface area contributed by atoms with Gasteiger partial charge < -0.3 is 9.64 Å². The summed E-state index contributed by atoms with van der Waals surface area (Å²) in [5.74, 6) is 5.93. The summed E-state index contributed by atoms with van der Waals surface area (Å²) in [4.78, 5) is 22.3. The van der Waals surface area contributed by atoms with Gasteiger partial charge in [0.2, 0.25) is 5.91 Å². The SMILES string of the molecule is CCOCC1CCC2C(CCC3C2CCC2(C)C(C(=O)N4CCC[C@H]4c4ncc(C)s4)CCC32)C1. The van der Waals surface area contributed by atoms with Crippen molar-refractivity contribution >= 4 is 17.2 Å². The van der Waals surface area contributed by atoms with E-state index in [9.17, 15) is 4.79 Å². The molecule has 2 heterocycles. The Labute approximate surface area is 216 Å². The number of nitrogens with zero attached hydrogens (tertiary/aromatic N) is 2. The summed E-state index contributed by atoms with van der Waals surface area (Å²) < 4.78 is 5.80. The smallest absolute Gasteiger partial charge is 0.226 e. The average Bonchev–Trinajstić information content (AvgIpc) is 3.59. The minimum Gasteiger partial charge on any atom is -0.381 e. The van der Waals surface area contributed by atoms with Crippen LogP contribution in [0.5, 0.6) is 0 Å². The standard InChI is InChI=1S/C30H46N2O2S/c1-4-34-18-20-7-9-22-21(16-20)8-10-24-23(22)13-14-30(3)25(24)11-12-26(30)29(33)32-15-5-6-27(32)28-31-17-19(2)35-28/h17,20-27H,4-16,18H2,1-3H3/t20?,21?,22?,23?,24?,25?,26?,27-,30?/m0/s1. The third-order valence-corrected chi connectivity index (χ3v) is 12.4. The second kappa shape index (κ2) is 9.74. The number of amides is 1. The van der Waals surface area contributed by atoms with Gasteiger partial charge in [0.25, 0.3) is 0 Å². The number of likely N-dealkylation sites (tertiary alicyclic amines) is 1. The average molecular weight is 499 g/mol. The van der Waals surface area contributed by atoms with Crippen molar-refractivity contribution in [3.63, 3.8) is 0 Å². The second-order valence-corrected chi connectivity index (χ2v) is 14.2. The molecule has 0 aromatic carbocycles. The molecule has 0 radical (unpaired) electrons. The van der Waals surface area contributed by atoms with E-state index in [0.717, 1.165) is 79.5 Å². The molecule has 35 heavy (non-hydrogen) atoms. The highest BCUT2D eigenvalue weighted by Crippen LogP contribution is 2.65. The van der Waals surface area contributed by atoms with Crippen LogP contribution >= 0.6 is 11.3 Å². The fourth-order valence-corrected chi connectivity index (χ4v) is 10.7. The highest BCUT2D eigenvalue weighted by atomic mass is 32.1. The predicted molar refractivity (Wildman–Crippen MR) is 141 cm³/mol. The number of hydrogen-bond donors (Lipinski definition) is 0. The lowest BCUT2D eigenvalue weighted by atomic mass is 9.49. The quantitative estimate of drug-likeness (QED) is 0.437. The molecule has 0 bridgehead atoms. The molecule has 1 amide bonds. The first-order chi connectivity index (χ1) is 17.0. The normalized spacial score (nSPS) is 43.0. The summed E-state index contributed by atoms with van der Waals surface area (Å²) in [5, 5.41) is 1.16. The first-order valence-electron chi connectivity index (χ1n) is 14.8. The zero-order chi connectivity index (χ0) is 24.2. The van der Waals surface area contributed by atoms with Gasteiger partial charge in [-0.2, -0.15) is 0 Å². The van der Waals surface area contributed by atoms with Gasteiger partial charge >= 0.3 is 0 Å². The third kappa shape index (κ3) is 4.21. The number of rotatable bonds is 5. The maximum Gasteiger partial charge on any atom is 0.226 e. The number of ether oxygens (including phenoxy) is 1. The molecule has 0 N–H and O–H groups in total. The van der Waals surface area contributed by atoms with E-state index in [2.05, 4.69) is 30.7 Å². The molecular weight excluding hydrogens is 452 g/mol. The third-order valence-electron chi connectivity index (χ3n) is 11.4. The van der Waals surface area contributed by atoms with Crippen molar-refractivity contribution in [2.75, 3.05) is 19.8 Å². The molecular formula is C30H46N2O2S. The molecule has 8 unspecified atom stereocenters. The van der Waals surface area contributed by atoms with E-state index in [1.54, 1.807) is 11.3 Å². The van der Waals surface area contributed by atoms with Crippen LogP contribution in [0.3, 0.4) is 0 Å². The van der Waals surface area contributed by atoms with E-state index in [1.165, 1.54) is 56.2 Å². The summed E-state index contributed by atoms with van der Waals surface area (Å²) in [5.41, 5.74) is 0.211. The topological polar surface area (TPSA) is 42.4 Å². The molecule has 4 aliphatic carbocycles. The number of carbonyl (C=O) groups is 1. The maximum atomic E-state index is 14.1. The van der Waals surface area contributed by atoms with E-state index >= 15 is 0 Å². The van der Waals surface area contributed by atoms with Gasteiger partial charge in [0.15, 0.2) is 0 Å². The Morgan fingerprint density at radius 2 is 1.97 bits per heavy atom. The zero-order valence-electron chi connectivity index (χ0n) is 22.2. The summed E-state index contributed by atoms with van der Waals surface area (Å²) in [6, 6.07) is 0.225. The Morgan fingerprint density at radius 3 is 2.77 bits per heavy atom. The molecule has 1 aromatic heterocycles. The van der Waals surface area contributed by atoms with Crippen molar-refractivity contribution < 1.29 is 9.53 Å². The summed E-state index contributed by atoms with van der Waals surface area (Å²) >= 11 is 1.79. The number of thiazole rings is 1. The molecule has 1 saturated heterocycles. The van der Waals surface area contributed by atoms with Crippen LogP contribution in [0.25, 0.3) is 0 Å². The van der Waals surface area contributed by atoms with Crippen molar-refractivity contribution in [3.05, 3.63) is 16.1 Å². The highest BCUT2D eigenvalue weighted by Gasteiger charge is 2.59. The largest absolute Gasteiger partial charge is 0.381 e. The summed E-state index contributed by atoms with van der Waals surface area (Å²) in [6.07, 6.45) is 16.3. The Balaban J connectivity index is 1.15. The first kappa shape index (κ1) is 24.4. The predicted octanol–water partition coefficient (Wildman–Crippen LogP) is 7.04. The van der Waals surface area contributed by atoms with Gasteiger partial charge in [-0.15, -0.1) is 11.3 Å². The van der Waals surface area contributed by atoms with E-state index < -0.39 is 0 Å². The number of hydrogen-bond acceptors (Lipinski definition) is 4. The number of aryl methyl sites for hydroxylation is 1. The Kier molecular flexibility index (Phi) is 6.79. The van der Waals surface area contributed by atoms with Gasteiger partial charge in [-0.25, -0.2) is 4.98 Å². The van der Waals surface area contributed by atoms with E-state index in [0.29, 0.717) is 5.91 Å². The van der Waals surface area contributed by atoms with Gasteiger partial charge in [0, 0.05) is 36.8 Å². The molecule has 1 aliphatic heterocycles. The lowest BCUT2D eigenvalue weighted by molar-refractivity contribution is -0.144. The molecule has 4 saturated carbocycles.